The van der Waals surface area contributed by atoms with Gasteiger partial charge in [0.15, 0.2) is 11.6 Å². The Kier molecular flexibility index (Phi) is 7.33. The third kappa shape index (κ3) is 4.46. The Morgan fingerprint density at radius 1 is 1.21 bits per heavy atom. The molecule has 0 amide bonds. The molecule has 9 heteroatoms. The number of thiophene rings is 1. The smallest absolute Gasteiger partial charge is 0.199 e. The van der Waals surface area contributed by atoms with Gasteiger partial charge in [-0.15, -0.1) is 11.3 Å². The van der Waals surface area contributed by atoms with Crippen molar-refractivity contribution in [1.82, 2.24) is 29.3 Å². The highest BCUT2D eigenvalue weighted by Gasteiger charge is 2.28. The molecule has 182 valence electrons. The summed E-state index contributed by atoms with van der Waals surface area (Å²) in [6.07, 6.45) is 6.87. The van der Waals surface area contributed by atoms with Crippen LogP contribution in [0, 0.1) is 12.8 Å². The molecule has 1 aliphatic rings. The van der Waals surface area contributed by atoms with Gasteiger partial charge in [-0.05, 0) is 38.8 Å². The highest BCUT2D eigenvalue weighted by atomic mass is 32.1. The number of ether oxygens (including phenoxy) is 1. The van der Waals surface area contributed by atoms with Crippen LogP contribution < -0.4 is 4.90 Å². The fraction of sp³-hybridized carbons (Fsp3) is 0.520. The zero-order valence-corrected chi connectivity index (χ0v) is 22.1. The third-order valence-corrected chi connectivity index (χ3v) is 7.36. The van der Waals surface area contributed by atoms with Crippen LogP contribution in [0.3, 0.4) is 0 Å². The van der Waals surface area contributed by atoms with Crippen molar-refractivity contribution >= 4 is 27.4 Å². The van der Waals surface area contributed by atoms with Crippen molar-refractivity contribution in [3.8, 4) is 22.2 Å². The Morgan fingerprint density at radius 3 is 2.65 bits per heavy atom. The molecule has 4 aromatic heterocycles. The van der Waals surface area contributed by atoms with E-state index in [1.807, 2.05) is 42.5 Å². The summed E-state index contributed by atoms with van der Waals surface area (Å²) in [5.41, 5.74) is 2.18. The van der Waals surface area contributed by atoms with Crippen molar-refractivity contribution in [1.29, 1.82) is 0 Å². The van der Waals surface area contributed by atoms with Gasteiger partial charge in [0.2, 0.25) is 0 Å². The van der Waals surface area contributed by atoms with Gasteiger partial charge in [-0.3, -0.25) is 4.68 Å². The number of methoxy groups -OCH3 is 1. The number of aromatic nitrogens is 6. The lowest BCUT2D eigenvalue weighted by atomic mass is 10.1. The van der Waals surface area contributed by atoms with Gasteiger partial charge in [-0.1, -0.05) is 13.8 Å². The predicted molar refractivity (Wildman–Crippen MR) is 140 cm³/mol. The van der Waals surface area contributed by atoms with Crippen molar-refractivity contribution in [2.45, 2.75) is 47.1 Å². The molecule has 0 N–H and O–H groups in total. The first-order valence-corrected chi connectivity index (χ1v) is 12.9. The predicted octanol–water partition coefficient (Wildman–Crippen LogP) is 5.34. The van der Waals surface area contributed by atoms with E-state index in [0.717, 1.165) is 58.5 Å². The van der Waals surface area contributed by atoms with E-state index in [1.165, 1.54) is 5.56 Å². The second-order valence-electron chi connectivity index (χ2n) is 8.80. The molecule has 8 nitrogen and oxygen atoms in total. The van der Waals surface area contributed by atoms with E-state index in [2.05, 4.69) is 36.7 Å². The molecule has 1 saturated heterocycles. The topological polar surface area (TPSA) is 73.9 Å². The first-order chi connectivity index (χ1) is 16.5. The van der Waals surface area contributed by atoms with Gasteiger partial charge in [0, 0.05) is 57.8 Å². The molecular formula is C25H35N7OS. The molecular weight excluding hydrogens is 446 g/mol. The van der Waals surface area contributed by atoms with Crippen LogP contribution in [0.1, 0.15) is 45.7 Å². The SMILES string of the molecule is CC.COCC1CCN(c2nc(-c3nccn3C)nc3sc(-c4ccn(C(C)C)n4)c(C)c23)C1. The molecule has 0 saturated carbocycles. The van der Waals surface area contributed by atoms with Crippen LogP contribution in [-0.4, -0.2) is 56.1 Å². The molecule has 34 heavy (non-hydrogen) atoms. The molecule has 1 unspecified atom stereocenters. The molecule has 0 aliphatic carbocycles. The van der Waals surface area contributed by atoms with Gasteiger partial charge in [0.1, 0.15) is 16.3 Å². The van der Waals surface area contributed by atoms with Gasteiger partial charge in [-0.25, -0.2) is 15.0 Å². The number of fused-ring (bicyclic) bond motifs is 1. The molecule has 1 atom stereocenters. The third-order valence-electron chi connectivity index (χ3n) is 6.15. The number of hydrogen-bond donors (Lipinski definition) is 0. The molecule has 0 spiro atoms. The molecule has 0 aromatic carbocycles. The quantitative estimate of drug-likeness (QED) is 0.370. The standard InChI is InChI=1S/C23H29N7OS.C2H6/c1-14(2)30-10-7-17(27-30)19-15(3)18-21(29-9-6-16(12-29)13-31-5)25-20(26-23(18)32-19)22-24-8-11-28(22)4;1-2/h7-8,10-11,14,16H,6,9,12-13H2,1-5H3;1-2H3. The lowest BCUT2D eigenvalue weighted by molar-refractivity contribution is 0.161. The minimum absolute atomic E-state index is 0.325. The van der Waals surface area contributed by atoms with Crippen LogP contribution in [0.2, 0.25) is 0 Å². The van der Waals surface area contributed by atoms with Crippen LogP contribution in [-0.2, 0) is 11.8 Å². The minimum Gasteiger partial charge on any atom is -0.384 e. The van der Waals surface area contributed by atoms with E-state index < -0.39 is 0 Å². The summed E-state index contributed by atoms with van der Waals surface area (Å²) in [6.45, 7) is 13.1. The lowest BCUT2D eigenvalue weighted by Crippen LogP contribution is -2.23. The van der Waals surface area contributed by atoms with Gasteiger partial charge in [-0.2, -0.15) is 5.10 Å². The average Bonchev–Trinajstić information content (AvgIpc) is 3.62. The maximum atomic E-state index is 5.42. The lowest BCUT2D eigenvalue weighted by Gasteiger charge is -2.19. The average molecular weight is 482 g/mol. The Bertz CT molecular complexity index is 1260. The summed E-state index contributed by atoms with van der Waals surface area (Å²) in [5, 5.41) is 5.94. The van der Waals surface area contributed by atoms with Gasteiger partial charge in [0.25, 0.3) is 0 Å². The maximum Gasteiger partial charge on any atom is 0.199 e. The van der Waals surface area contributed by atoms with Gasteiger partial charge >= 0.3 is 0 Å². The highest BCUT2D eigenvalue weighted by Crippen LogP contribution is 2.42. The normalized spacial score (nSPS) is 15.9. The van der Waals surface area contributed by atoms with Crippen molar-refractivity contribution in [2.24, 2.45) is 13.0 Å². The zero-order valence-electron chi connectivity index (χ0n) is 21.2. The fourth-order valence-electron chi connectivity index (χ4n) is 4.42. The van der Waals surface area contributed by atoms with Crippen LogP contribution >= 0.6 is 11.3 Å². The maximum absolute atomic E-state index is 5.42. The van der Waals surface area contributed by atoms with Crippen molar-refractivity contribution in [3.63, 3.8) is 0 Å². The Balaban J connectivity index is 0.00000133. The van der Waals surface area contributed by atoms with Crippen LogP contribution in [0.15, 0.2) is 24.7 Å². The molecule has 5 rings (SSSR count). The Hall–Kier alpha value is -2.78. The molecule has 1 fully saturated rings. The summed E-state index contributed by atoms with van der Waals surface area (Å²) in [4.78, 5) is 19.0. The molecule has 0 radical (unpaired) electrons. The van der Waals surface area contributed by atoms with Crippen LogP contribution in [0.5, 0.6) is 0 Å². The zero-order chi connectivity index (χ0) is 24.4. The Morgan fingerprint density at radius 2 is 2.00 bits per heavy atom. The second-order valence-corrected chi connectivity index (χ2v) is 9.80. The van der Waals surface area contributed by atoms with E-state index in [4.69, 9.17) is 19.8 Å². The van der Waals surface area contributed by atoms with Crippen molar-refractivity contribution in [3.05, 3.63) is 30.2 Å². The minimum atomic E-state index is 0.325. The second kappa shape index (κ2) is 10.2. The summed E-state index contributed by atoms with van der Waals surface area (Å²) in [5.74, 6) is 2.95. The van der Waals surface area contributed by atoms with Crippen LogP contribution in [0.25, 0.3) is 32.4 Å². The number of anilines is 1. The number of imidazole rings is 1. The number of nitrogens with zero attached hydrogens (tertiary/aromatic N) is 7. The van der Waals surface area contributed by atoms with E-state index in [9.17, 15) is 0 Å². The summed E-state index contributed by atoms with van der Waals surface area (Å²) < 4.78 is 9.39. The summed E-state index contributed by atoms with van der Waals surface area (Å²) >= 11 is 1.69. The fourth-order valence-corrected chi connectivity index (χ4v) is 5.56. The van der Waals surface area contributed by atoms with Gasteiger partial charge in [0.05, 0.1) is 16.9 Å². The van der Waals surface area contributed by atoms with Crippen LogP contribution in [0.4, 0.5) is 5.82 Å². The molecule has 0 bridgehead atoms. The summed E-state index contributed by atoms with van der Waals surface area (Å²) in [7, 11) is 3.75. The van der Waals surface area contributed by atoms with E-state index in [0.29, 0.717) is 17.8 Å². The van der Waals surface area contributed by atoms with E-state index in [1.54, 1.807) is 24.6 Å². The highest BCUT2D eigenvalue weighted by molar-refractivity contribution is 7.22. The number of aryl methyl sites for hydroxylation is 2. The van der Waals surface area contributed by atoms with Crippen molar-refractivity contribution in [2.75, 3.05) is 31.7 Å². The monoisotopic (exact) mass is 481 g/mol. The van der Waals surface area contributed by atoms with E-state index in [-0.39, 0.29) is 0 Å². The van der Waals surface area contributed by atoms with E-state index >= 15 is 0 Å². The molecule has 5 heterocycles. The first-order valence-electron chi connectivity index (χ1n) is 12.0. The number of rotatable bonds is 6. The molecule has 4 aromatic rings. The molecule has 1 aliphatic heterocycles. The van der Waals surface area contributed by atoms with Crippen molar-refractivity contribution < 1.29 is 4.74 Å². The van der Waals surface area contributed by atoms with Gasteiger partial charge < -0.3 is 14.2 Å². The Labute approximate surface area is 205 Å². The largest absolute Gasteiger partial charge is 0.384 e. The number of hydrogen-bond acceptors (Lipinski definition) is 7. The summed E-state index contributed by atoms with van der Waals surface area (Å²) in [6, 6.07) is 2.42. The first kappa shape index (κ1) is 24.3.